The number of carboxylic acid groups (broad SMARTS) is 1. The number of nitrogens with two attached hydrogens (primary N) is 1. The van der Waals surface area contributed by atoms with Gasteiger partial charge in [0.25, 0.3) is 0 Å². The van der Waals surface area contributed by atoms with E-state index in [2.05, 4.69) is 4.98 Å². The molecule has 1 aromatic rings. The van der Waals surface area contributed by atoms with Crippen molar-refractivity contribution in [3.8, 4) is 0 Å². The lowest BCUT2D eigenvalue weighted by molar-refractivity contribution is -0.136. The number of halogens is 1. The third-order valence-corrected chi connectivity index (χ3v) is 1.58. The van der Waals surface area contributed by atoms with Crippen molar-refractivity contribution in [2.45, 2.75) is 6.42 Å². The van der Waals surface area contributed by atoms with Crippen LogP contribution in [0.25, 0.3) is 0 Å². The smallest absolute Gasteiger partial charge is 0.309 e. The number of hydrogen-bond acceptors (Lipinski definition) is 3. The van der Waals surface area contributed by atoms with Gasteiger partial charge in [0, 0.05) is 0 Å². The molecule has 0 bridgehead atoms. The van der Waals surface area contributed by atoms with Gasteiger partial charge in [0.2, 0.25) is 0 Å². The summed E-state index contributed by atoms with van der Waals surface area (Å²) in [5, 5.41) is 8.72. The first kappa shape index (κ1) is 8.80. The molecule has 1 heterocycles. The first-order valence-electron chi connectivity index (χ1n) is 3.21. The molecule has 3 N–H and O–H groups in total. The average Bonchev–Trinajstić information content (AvgIpc) is 1.94. The maximum absolute atomic E-state index is 10.3. The van der Waals surface area contributed by atoms with Crippen LogP contribution in [-0.2, 0) is 11.2 Å². The van der Waals surface area contributed by atoms with E-state index < -0.39 is 5.97 Å². The van der Waals surface area contributed by atoms with Crippen molar-refractivity contribution in [2.75, 3.05) is 5.73 Å². The van der Waals surface area contributed by atoms with Crippen LogP contribution in [0.1, 0.15) is 5.69 Å². The van der Waals surface area contributed by atoms with Crippen LogP contribution >= 0.6 is 11.6 Å². The Morgan fingerprint density at radius 1 is 1.75 bits per heavy atom. The van der Waals surface area contributed by atoms with Crippen LogP contribution in [-0.4, -0.2) is 16.1 Å². The highest BCUT2D eigenvalue weighted by molar-refractivity contribution is 6.31. The van der Waals surface area contributed by atoms with Crippen LogP contribution < -0.4 is 5.73 Å². The van der Waals surface area contributed by atoms with Gasteiger partial charge in [-0.3, -0.25) is 9.78 Å². The highest BCUT2D eigenvalue weighted by atomic mass is 35.5. The monoisotopic (exact) mass is 186 g/mol. The van der Waals surface area contributed by atoms with Crippen molar-refractivity contribution in [3.05, 3.63) is 23.0 Å². The standard InChI is InChI=1S/C7H7ClN2O2/c8-5-1-4(9)3-10-6(5)2-7(11)12/h1,3H,2,9H2,(H,11,12). The van der Waals surface area contributed by atoms with Gasteiger partial charge in [-0.25, -0.2) is 0 Å². The highest BCUT2D eigenvalue weighted by Gasteiger charge is 2.06. The molecule has 0 aliphatic rings. The van der Waals surface area contributed by atoms with Gasteiger partial charge in [-0.2, -0.15) is 0 Å². The molecule has 0 atom stereocenters. The largest absolute Gasteiger partial charge is 0.481 e. The number of aliphatic carboxylic acids is 1. The second kappa shape index (κ2) is 3.40. The molecule has 5 heteroatoms. The Morgan fingerprint density at radius 3 is 2.92 bits per heavy atom. The molecule has 0 spiro atoms. The Bertz CT molecular complexity index is 314. The Balaban J connectivity index is 2.93. The predicted octanol–water partition coefficient (Wildman–Crippen LogP) is 0.944. The topological polar surface area (TPSA) is 76.2 Å². The molecule has 0 radical (unpaired) electrons. The molecule has 0 amide bonds. The Kier molecular flexibility index (Phi) is 2.50. The molecule has 0 aliphatic heterocycles. The van der Waals surface area contributed by atoms with E-state index in [0.717, 1.165) is 0 Å². The predicted molar refractivity (Wildman–Crippen MR) is 45.0 cm³/mol. The number of rotatable bonds is 2. The summed E-state index contributed by atoms with van der Waals surface area (Å²) in [4.78, 5) is 14.1. The zero-order valence-electron chi connectivity index (χ0n) is 6.12. The van der Waals surface area contributed by atoms with E-state index in [-0.39, 0.29) is 11.4 Å². The number of pyridine rings is 1. The van der Waals surface area contributed by atoms with Crippen LogP contribution in [0.2, 0.25) is 5.02 Å². The summed E-state index contributed by atoms with van der Waals surface area (Å²) in [5.74, 6) is -0.964. The molecular formula is C7H7ClN2O2. The van der Waals surface area contributed by atoms with Gasteiger partial charge in [0.15, 0.2) is 0 Å². The zero-order chi connectivity index (χ0) is 9.14. The number of hydrogen-bond donors (Lipinski definition) is 2. The second-order valence-electron chi connectivity index (χ2n) is 2.27. The summed E-state index contributed by atoms with van der Waals surface area (Å²) in [7, 11) is 0. The quantitative estimate of drug-likeness (QED) is 0.721. The summed E-state index contributed by atoms with van der Waals surface area (Å²) < 4.78 is 0. The minimum absolute atomic E-state index is 0.181. The van der Waals surface area contributed by atoms with Gasteiger partial charge in [-0.15, -0.1) is 0 Å². The van der Waals surface area contributed by atoms with Crippen molar-refractivity contribution in [3.63, 3.8) is 0 Å². The van der Waals surface area contributed by atoms with E-state index in [1.807, 2.05) is 0 Å². The number of anilines is 1. The molecule has 1 rings (SSSR count). The Hall–Kier alpha value is -1.29. The lowest BCUT2D eigenvalue weighted by Gasteiger charge is -1.99. The molecule has 0 fully saturated rings. The van der Waals surface area contributed by atoms with Crippen molar-refractivity contribution in [1.29, 1.82) is 0 Å². The lowest BCUT2D eigenvalue weighted by Crippen LogP contribution is -2.03. The van der Waals surface area contributed by atoms with Gasteiger partial charge in [0.05, 0.1) is 29.0 Å². The minimum Gasteiger partial charge on any atom is -0.481 e. The van der Waals surface area contributed by atoms with E-state index in [0.29, 0.717) is 11.4 Å². The van der Waals surface area contributed by atoms with Crippen molar-refractivity contribution in [2.24, 2.45) is 0 Å². The average molecular weight is 187 g/mol. The van der Waals surface area contributed by atoms with Crippen molar-refractivity contribution < 1.29 is 9.90 Å². The number of aromatic nitrogens is 1. The summed E-state index contributed by atoms with van der Waals surface area (Å²) in [5.41, 5.74) is 6.12. The van der Waals surface area contributed by atoms with Gasteiger partial charge < -0.3 is 10.8 Å². The normalized spacial score (nSPS) is 9.75. The van der Waals surface area contributed by atoms with Crippen LogP contribution in [0.5, 0.6) is 0 Å². The van der Waals surface area contributed by atoms with E-state index in [4.69, 9.17) is 22.4 Å². The number of carboxylic acids is 1. The van der Waals surface area contributed by atoms with Crippen LogP contribution in [0, 0.1) is 0 Å². The SMILES string of the molecule is Nc1cnc(CC(=O)O)c(Cl)c1. The van der Waals surface area contributed by atoms with E-state index >= 15 is 0 Å². The fourth-order valence-corrected chi connectivity index (χ4v) is 0.996. The third kappa shape index (κ3) is 2.10. The molecule has 0 aromatic carbocycles. The fourth-order valence-electron chi connectivity index (χ4n) is 0.754. The number of nitrogens with zero attached hydrogens (tertiary/aromatic N) is 1. The first-order chi connectivity index (χ1) is 5.59. The summed E-state index contributed by atoms with van der Waals surface area (Å²) in [6.45, 7) is 0. The van der Waals surface area contributed by atoms with Crippen LogP contribution in [0.15, 0.2) is 12.3 Å². The molecule has 12 heavy (non-hydrogen) atoms. The highest BCUT2D eigenvalue weighted by Crippen LogP contribution is 2.16. The molecule has 0 aliphatic carbocycles. The summed E-state index contributed by atoms with van der Waals surface area (Å²) >= 11 is 5.67. The maximum atomic E-state index is 10.3. The van der Waals surface area contributed by atoms with Gasteiger partial charge in [-0.1, -0.05) is 11.6 Å². The van der Waals surface area contributed by atoms with Crippen LogP contribution in [0.4, 0.5) is 5.69 Å². The van der Waals surface area contributed by atoms with E-state index in [1.54, 1.807) is 0 Å². The molecule has 0 saturated heterocycles. The molecule has 0 saturated carbocycles. The first-order valence-corrected chi connectivity index (χ1v) is 3.59. The van der Waals surface area contributed by atoms with E-state index in [9.17, 15) is 4.79 Å². The molecule has 0 unspecified atom stereocenters. The molecule has 4 nitrogen and oxygen atoms in total. The molecular weight excluding hydrogens is 180 g/mol. The van der Waals surface area contributed by atoms with Crippen LogP contribution in [0.3, 0.4) is 0 Å². The Morgan fingerprint density at radius 2 is 2.42 bits per heavy atom. The number of nitrogen functional groups attached to an aromatic ring is 1. The van der Waals surface area contributed by atoms with Crippen molar-refractivity contribution in [1.82, 2.24) is 4.98 Å². The fraction of sp³-hybridized carbons (Fsp3) is 0.143. The molecule has 1 aromatic heterocycles. The molecule has 64 valence electrons. The van der Waals surface area contributed by atoms with E-state index in [1.165, 1.54) is 12.3 Å². The lowest BCUT2D eigenvalue weighted by atomic mass is 10.2. The minimum atomic E-state index is -0.964. The number of carbonyl (C=O) groups is 1. The zero-order valence-corrected chi connectivity index (χ0v) is 6.88. The summed E-state index contributed by atoms with van der Waals surface area (Å²) in [6, 6.07) is 1.48. The maximum Gasteiger partial charge on any atom is 0.309 e. The van der Waals surface area contributed by atoms with Gasteiger partial charge in [0.1, 0.15) is 0 Å². The summed E-state index contributed by atoms with van der Waals surface area (Å²) in [6.07, 6.45) is 1.20. The van der Waals surface area contributed by atoms with Crippen molar-refractivity contribution >= 4 is 23.3 Å². The van der Waals surface area contributed by atoms with Gasteiger partial charge >= 0.3 is 5.97 Å². The second-order valence-corrected chi connectivity index (χ2v) is 2.67. The Labute approximate surface area is 74.0 Å². The van der Waals surface area contributed by atoms with Gasteiger partial charge in [-0.05, 0) is 6.07 Å². The third-order valence-electron chi connectivity index (χ3n) is 1.26.